The van der Waals surface area contributed by atoms with Gasteiger partial charge in [-0.15, -0.1) is 0 Å². The summed E-state index contributed by atoms with van der Waals surface area (Å²) >= 11 is 0.716. The van der Waals surface area contributed by atoms with Crippen LogP contribution in [0.15, 0.2) is 10.3 Å². The van der Waals surface area contributed by atoms with Gasteiger partial charge >= 0.3 is 5.69 Å². The number of thiophene rings is 1. The second-order valence-corrected chi connectivity index (χ2v) is 6.40. The summed E-state index contributed by atoms with van der Waals surface area (Å²) in [6, 6.07) is 0.981. The minimum absolute atomic E-state index is 0.00502. The molecule has 1 heterocycles. The third-order valence-electron chi connectivity index (χ3n) is 1.75. The average Bonchev–Trinajstić information content (AvgIpc) is 2.61. The number of nitrogen functional groups attached to an aromatic ring is 1. The van der Waals surface area contributed by atoms with Crippen molar-refractivity contribution in [2.24, 2.45) is 5.84 Å². The third-order valence-corrected chi connectivity index (χ3v) is 5.07. The van der Waals surface area contributed by atoms with Crippen molar-refractivity contribution in [2.75, 3.05) is 19.5 Å². The summed E-state index contributed by atoms with van der Waals surface area (Å²) in [4.78, 5) is 9.90. The number of hydrazine groups is 1. The van der Waals surface area contributed by atoms with E-state index in [1.54, 1.807) is 0 Å². The summed E-state index contributed by atoms with van der Waals surface area (Å²) in [5.41, 5.74) is 1.75. The molecule has 1 aromatic rings. The molecule has 0 bridgehead atoms. The first kappa shape index (κ1) is 12.8. The minimum atomic E-state index is -3.67. The Morgan fingerprint density at radius 2 is 2.12 bits per heavy atom. The van der Waals surface area contributed by atoms with Crippen LogP contribution in [0, 0.1) is 10.1 Å². The van der Waals surface area contributed by atoms with Crippen LogP contribution in [0.2, 0.25) is 0 Å². The second kappa shape index (κ2) is 4.33. The molecule has 90 valence electrons. The van der Waals surface area contributed by atoms with Gasteiger partial charge in [0.2, 0.25) is 0 Å². The Balaban J connectivity index is 3.34. The van der Waals surface area contributed by atoms with Crippen molar-refractivity contribution in [2.45, 2.75) is 4.21 Å². The van der Waals surface area contributed by atoms with Gasteiger partial charge in [-0.05, 0) is 0 Å². The van der Waals surface area contributed by atoms with E-state index in [9.17, 15) is 18.5 Å². The van der Waals surface area contributed by atoms with Crippen molar-refractivity contribution < 1.29 is 13.3 Å². The number of hydrogen-bond donors (Lipinski definition) is 2. The van der Waals surface area contributed by atoms with Crippen LogP contribution in [0.5, 0.6) is 0 Å². The van der Waals surface area contributed by atoms with Gasteiger partial charge in [-0.1, -0.05) is 11.3 Å². The number of rotatable bonds is 4. The molecule has 1 aromatic heterocycles. The van der Waals surface area contributed by atoms with Crippen LogP contribution >= 0.6 is 11.3 Å². The molecule has 0 saturated carbocycles. The van der Waals surface area contributed by atoms with Gasteiger partial charge < -0.3 is 5.43 Å². The van der Waals surface area contributed by atoms with Crippen LogP contribution < -0.4 is 11.3 Å². The molecule has 0 amide bonds. The predicted molar refractivity (Wildman–Crippen MR) is 59.7 cm³/mol. The molecule has 0 aliphatic rings. The Labute approximate surface area is 95.8 Å². The van der Waals surface area contributed by atoms with Crippen molar-refractivity contribution in [3.05, 3.63) is 16.2 Å². The maximum absolute atomic E-state index is 11.7. The maximum atomic E-state index is 11.7. The van der Waals surface area contributed by atoms with Crippen LogP contribution in [-0.2, 0) is 10.0 Å². The Hall–Kier alpha value is -1.23. The molecule has 16 heavy (non-hydrogen) atoms. The highest BCUT2D eigenvalue weighted by Crippen LogP contribution is 2.36. The van der Waals surface area contributed by atoms with Gasteiger partial charge in [0.05, 0.1) is 4.92 Å². The van der Waals surface area contributed by atoms with E-state index in [1.807, 2.05) is 0 Å². The zero-order valence-electron chi connectivity index (χ0n) is 8.50. The molecule has 0 saturated heterocycles. The van der Waals surface area contributed by atoms with Crippen LogP contribution in [0.25, 0.3) is 0 Å². The monoisotopic (exact) mass is 266 g/mol. The molecule has 0 atom stereocenters. The summed E-state index contributed by atoms with van der Waals surface area (Å²) in [6.07, 6.45) is 0. The lowest BCUT2D eigenvalue weighted by Gasteiger charge is -2.07. The molecule has 0 aliphatic heterocycles. The summed E-state index contributed by atoms with van der Waals surface area (Å²) < 4.78 is 24.2. The van der Waals surface area contributed by atoms with Gasteiger partial charge in [-0.3, -0.25) is 10.1 Å². The van der Waals surface area contributed by atoms with E-state index in [1.165, 1.54) is 14.1 Å². The number of nitrogens with zero attached hydrogens (tertiary/aromatic N) is 2. The lowest BCUT2D eigenvalue weighted by atomic mass is 10.5. The normalized spacial score (nSPS) is 11.8. The standard InChI is InChI=1S/C6H10N4O4S2/c1-9(2)16(13,14)5-3-4(10(11)12)6(8-7)15-5/h3,8H,7H2,1-2H3. The number of anilines is 1. The van der Waals surface area contributed by atoms with Crippen molar-refractivity contribution in [3.63, 3.8) is 0 Å². The summed E-state index contributed by atoms with van der Waals surface area (Å²) in [5.74, 6) is 5.07. The molecule has 1 rings (SSSR count). The summed E-state index contributed by atoms with van der Waals surface area (Å²) in [6.45, 7) is 0. The molecule has 0 fully saturated rings. The molecular formula is C6H10N4O4S2. The van der Waals surface area contributed by atoms with Gasteiger partial charge in [0.15, 0.2) is 5.00 Å². The Bertz CT molecular complexity index is 507. The van der Waals surface area contributed by atoms with Crippen LogP contribution in [0.3, 0.4) is 0 Å². The van der Waals surface area contributed by atoms with Crippen LogP contribution in [0.4, 0.5) is 10.7 Å². The molecule has 0 spiro atoms. The minimum Gasteiger partial charge on any atom is -0.310 e. The molecule has 3 N–H and O–H groups in total. The van der Waals surface area contributed by atoms with Gasteiger partial charge in [0, 0.05) is 20.2 Å². The highest BCUT2D eigenvalue weighted by molar-refractivity contribution is 7.91. The van der Waals surface area contributed by atoms with Crippen molar-refractivity contribution in [1.82, 2.24) is 4.31 Å². The first-order valence-corrected chi connectivity index (χ1v) is 6.23. The Morgan fingerprint density at radius 3 is 2.44 bits per heavy atom. The van der Waals surface area contributed by atoms with Gasteiger partial charge in [-0.25, -0.2) is 18.6 Å². The van der Waals surface area contributed by atoms with E-state index in [2.05, 4.69) is 5.43 Å². The van der Waals surface area contributed by atoms with Gasteiger partial charge in [0.1, 0.15) is 4.21 Å². The molecule has 8 nitrogen and oxygen atoms in total. The summed E-state index contributed by atoms with van der Waals surface area (Å²) in [5, 5.41) is 10.6. The number of nitro groups is 1. The molecule has 10 heteroatoms. The smallest absolute Gasteiger partial charge is 0.306 e. The first-order valence-electron chi connectivity index (χ1n) is 3.98. The zero-order chi connectivity index (χ0) is 12.5. The van der Waals surface area contributed by atoms with Crippen molar-refractivity contribution >= 4 is 32.0 Å². The maximum Gasteiger partial charge on any atom is 0.306 e. The fraction of sp³-hybridized carbons (Fsp3) is 0.333. The lowest BCUT2D eigenvalue weighted by Crippen LogP contribution is -2.21. The first-order chi connectivity index (χ1) is 7.30. The van der Waals surface area contributed by atoms with E-state index >= 15 is 0 Å². The Kier molecular flexibility index (Phi) is 3.48. The number of hydrogen-bond acceptors (Lipinski definition) is 7. The molecule has 0 radical (unpaired) electrons. The van der Waals surface area contributed by atoms with Gasteiger partial charge in [-0.2, -0.15) is 0 Å². The second-order valence-electron chi connectivity index (χ2n) is 2.97. The molecular weight excluding hydrogens is 256 g/mol. The largest absolute Gasteiger partial charge is 0.310 e. The highest BCUT2D eigenvalue weighted by Gasteiger charge is 2.27. The van der Waals surface area contributed by atoms with Crippen LogP contribution in [0.1, 0.15) is 0 Å². The summed E-state index contributed by atoms with van der Waals surface area (Å²) in [7, 11) is -0.983. The average molecular weight is 266 g/mol. The Morgan fingerprint density at radius 1 is 1.56 bits per heavy atom. The quantitative estimate of drug-likeness (QED) is 0.456. The van der Waals surface area contributed by atoms with E-state index in [0.717, 1.165) is 10.4 Å². The number of sulfonamides is 1. The number of nitrogens with two attached hydrogens (primary N) is 1. The molecule has 0 aromatic carbocycles. The van der Waals surface area contributed by atoms with E-state index in [0.29, 0.717) is 11.3 Å². The number of nitrogens with one attached hydrogen (secondary N) is 1. The fourth-order valence-corrected chi connectivity index (χ4v) is 3.31. The fourth-order valence-electron chi connectivity index (χ4n) is 0.906. The van der Waals surface area contributed by atoms with Crippen molar-refractivity contribution in [3.8, 4) is 0 Å². The lowest BCUT2D eigenvalue weighted by molar-refractivity contribution is -0.383. The van der Waals surface area contributed by atoms with E-state index < -0.39 is 14.9 Å². The SMILES string of the molecule is CN(C)S(=O)(=O)c1cc([N+](=O)[O-])c(NN)s1. The third kappa shape index (κ3) is 2.14. The van der Waals surface area contributed by atoms with Crippen LogP contribution in [-0.4, -0.2) is 31.7 Å². The van der Waals surface area contributed by atoms with Gasteiger partial charge in [0.25, 0.3) is 10.0 Å². The van der Waals surface area contributed by atoms with E-state index in [4.69, 9.17) is 5.84 Å². The molecule has 0 aliphatic carbocycles. The topological polar surface area (TPSA) is 119 Å². The highest BCUT2D eigenvalue weighted by atomic mass is 32.2. The van der Waals surface area contributed by atoms with E-state index in [-0.39, 0.29) is 14.9 Å². The van der Waals surface area contributed by atoms with Crippen molar-refractivity contribution in [1.29, 1.82) is 0 Å². The molecule has 0 unspecified atom stereocenters. The zero-order valence-corrected chi connectivity index (χ0v) is 10.1. The predicted octanol–water partition coefficient (Wildman–Crippen LogP) is 0.192.